The van der Waals surface area contributed by atoms with E-state index in [0.717, 1.165) is 6.42 Å². The highest BCUT2D eigenvalue weighted by Crippen LogP contribution is 2.01. The molecule has 0 aliphatic rings. The van der Waals surface area contributed by atoms with Crippen LogP contribution in [0.15, 0.2) is 0 Å². The molecule has 0 heterocycles. The molecule has 1 N–H and O–H groups in total. The molecule has 0 aromatic rings. The number of esters is 1. The first-order valence-electron chi connectivity index (χ1n) is 6.56. The van der Waals surface area contributed by atoms with Crippen LogP contribution in [0.2, 0.25) is 0 Å². The molecule has 0 saturated carbocycles. The van der Waals surface area contributed by atoms with Crippen molar-refractivity contribution in [1.82, 2.24) is 0 Å². The van der Waals surface area contributed by atoms with Crippen molar-refractivity contribution < 1.29 is 28.9 Å². The fraction of sp³-hybridized carbons (Fsp3) is 0.846. The number of carbonyl (C=O) groups is 2. The second-order valence-electron chi connectivity index (χ2n) is 4.41. The fourth-order valence-corrected chi connectivity index (χ4v) is 1.27. The number of carboxylic acid groups (broad SMARTS) is 1. The Hall–Kier alpha value is -1.14. The summed E-state index contributed by atoms with van der Waals surface area (Å²) in [5, 5.41) is 8.43. The molecule has 0 fully saturated rings. The highest BCUT2D eigenvalue weighted by atomic mass is 16.6. The van der Waals surface area contributed by atoms with Crippen molar-refractivity contribution >= 4 is 11.9 Å². The number of carboxylic acids is 1. The summed E-state index contributed by atoms with van der Waals surface area (Å²) in [6.07, 6.45) is 0.175. The molecule has 0 aromatic heterocycles. The van der Waals surface area contributed by atoms with Crippen molar-refractivity contribution in [3.63, 3.8) is 0 Å². The van der Waals surface area contributed by atoms with Gasteiger partial charge in [-0.15, -0.1) is 0 Å². The molecule has 0 aliphatic heterocycles. The third-order valence-corrected chi connectivity index (χ3v) is 2.19. The molecule has 0 amide bonds. The van der Waals surface area contributed by atoms with Crippen LogP contribution in [0.5, 0.6) is 0 Å². The van der Waals surface area contributed by atoms with E-state index < -0.39 is 18.0 Å². The van der Waals surface area contributed by atoms with Crippen molar-refractivity contribution in [3.05, 3.63) is 0 Å². The molecule has 0 aliphatic carbocycles. The van der Waals surface area contributed by atoms with Gasteiger partial charge in [0.05, 0.1) is 32.2 Å². The van der Waals surface area contributed by atoms with Gasteiger partial charge in [-0.3, -0.25) is 9.59 Å². The Kier molecular flexibility index (Phi) is 10.1. The molecule has 0 bridgehead atoms. The molecule has 0 saturated heterocycles. The van der Waals surface area contributed by atoms with E-state index in [1.165, 1.54) is 0 Å². The van der Waals surface area contributed by atoms with Gasteiger partial charge in [0.1, 0.15) is 6.10 Å². The number of rotatable bonds is 11. The van der Waals surface area contributed by atoms with E-state index in [2.05, 4.69) is 0 Å². The van der Waals surface area contributed by atoms with Gasteiger partial charge in [0.2, 0.25) is 0 Å². The van der Waals surface area contributed by atoms with Crippen molar-refractivity contribution in [3.8, 4) is 0 Å². The van der Waals surface area contributed by atoms with Gasteiger partial charge in [0.15, 0.2) is 0 Å². The molecule has 0 aromatic carbocycles. The van der Waals surface area contributed by atoms with Crippen molar-refractivity contribution in [2.75, 3.05) is 19.8 Å². The lowest BCUT2D eigenvalue weighted by atomic mass is 10.3. The normalized spacial score (nSPS) is 13.8. The summed E-state index contributed by atoms with van der Waals surface area (Å²) in [5.41, 5.74) is 0. The largest absolute Gasteiger partial charge is 0.481 e. The minimum Gasteiger partial charge on any atom is -0.481 e. The first kappa shape index (κ1) is 17.9. The van der Waals surface area contributed by atoms with E-state index in [0.29, 0.717) is 13.2 Å². The average Bonchev–Trinajstić information content (AvgIpc) is 2.34. The van der Waals surface area contributed by atoms with Crippen molar-refractivity contribution in [2.24, 2.45) is 0 Å². The molecule has 2 atom stereocenters. The number of carbonyl (C=O) groups excluding carboxylic acids is 1. The number of ether oxygens (including phenoxy) is 3. The van der Waals surface area contributed by atoms with Crippen LogP contribution < -0.4 is 0 Å². The van der Waals surface area contributed by atoms with E-state index in [4.69, 9.17) is 19.3 Å². The van der Waals surface area contributed by atoms with Crippen molar-refractivity contribution in [2.45, 2.75) is 52.2 Å². The summed E-state index contributed by atoms with van der Waals surface area (Å²) in [6, 6.07) is 0. The van der Waals surface area contributed by atoms with E-state index in [9.17, 15) is 9.59 Å². The van der Waals surface area contributed by atoms with Gasteiger partial charge in [-0.05, 0) is 20.3 Å². The molecule has 0 rings (SSSR count). The smallest absolute Gasteiger partial charge is 0.306 e. The summed E-state index contributed by atoms with van der Waals surface area (Å²) in [5.74, 6) is -1.53. The van der Waals surface area contributed by atoms with Gasteiger partial charge in [-0.25, -0.2) is 0 Å². The quantitative estimate of drug-likeness (QED) is 0.456. The lowest BCUT2D eigenvalue weighted by Gasteiger charge is -2.17. The zero-order valence-corrected chi connectivity index (χ0v) is 11.9. The van der Waals surface area contributed by atoms with Crippen LogP contribution in [0.25, 0.3) is 0 Å². The van der Waals surface area contributed by atoms with Crippen LogP contribution >= 0.6 is 0 Å². The third kappa shape index (κ3) is 11.7. The maximum atomic E-state index is 11.2. The summed E-state index contributed by atoms with van der Waals surface area (Å²) in [6.45, 7) is 7.10. The van der Waals surface area contributed by atoms with Gasteiger partial charge in [-0.2, -0.15) is 0 Å². The minimum absolute atomic E-state index is 0.0632. The molecule has 2 unspecified atom stereocenters. The van der Waals surface area contributed by atoms with E-state index >= 15 is 0 Å². The molecule has 112 valence electrons. The SMILES string of the molecule is CCCOCC(C)OCC(C)OC(=O)CCC(=O)O. The van der Waals surface area contributed by atoms with Gasteiger partial charge in [-0.1, -0.05) is 6.92 Å². The third-order valence-electron chi connectivity index (χ3n) is 2.19. The molecular weight excluding hydrogens is 252 g/mol. The van der Waals surface area contributed by atoms with Crippen LogP contribution in [0, 0.1) is 0 Å². The van der Waals surface area contributed by atoms with Crippen LogP contribution in [-0.4, -0.2) is 49.1 Å². The van der Waals surface area contributed by atoms with Gasteiger partial charge in [0, 0.05) is 6.61 Å². The maximum absolute atomic E-state index is 11.2. The lowest BCUT2D eigenvalue weighted by molar-refractivity contribution is -0.155. The van der Waals surface area contributed by atoms with Crippen molar-refractivity contribution in [1.29, 1.82) is 0 Å². The van der Waals surface area contributed by atoms with Crippen LogP contribution in [0.4, 0.5) is 0 Å². The Balaban J connectivity index is 3.64. The minimum atomic E-state index is -1.01. The maximum Gasteiger partial charge on any atom is 0.306 e. The van der Waals surface area contributed by atoms with Crippen LogP contribution in [0.3, 0.4) is 0 Å². The van der Waals surface area contributed by atoms with Gasteiger partial charge >= 0.3 is 11.9 Å². The fourth-order valence-electron chi connectivity index (χ4n) is 1.27. The lowest BCUT2D eigenvalue weighted by Crippen LogP contribution is -2.25. The van der Waals surface area contributed by atoms with Crippen LogP contribution in [-0.2, 0) is 23.8 Å². The topological polar surface area (TPSA) is 82.1 Å². The van der Waals surface area contributed by atoms with Gasteiger partial charge in [0.25, 0.3) is 0 Å². The number of aliphatic carboxylic acids is 1. The number of hydrogen-bond acceptors (Lipinski definition) is 5. The van der Waals surface area contributed by atoms with E-state index in [1.54, 1.807) is 6.92 Å². The Morgan fingerprint density at radius 2 is 1.79 bits per heavy atom. The first-order chi connectivity index (χ1) is 8.95. The highest BCUT2D eigenvalue weighted by Gasteiger charge is 2.13. The molecule has 6 heteroatoms. The second kappa shape index (κ2) is 10.8. The standard InChI is InChI=1S/C13H24O6/c1-4-7-17-8-10(2)18-9-11(3)19-13(16)6-5-12(14)15/h10-11H,4-9H2,1-3H3,(H,14,15). The Morgan fingerprint density at radius 1 is 1.11 bits per heavy atom. The zero-order chi connectivity index (χ0) is 14.7. The molecule has 0 spiro atoms. The summed E-state index contributed by atoms with van der Waals surface area (Å²) in [7, 11) is 0. The highest BCUT2D eigenvalue weighted by molar-refractivity contribution is 5.76. The molecule has 19 heavy (non-hydrogen) atoms. The first-order valence-corrected chi connectivity index (χ1v) is 6.56. The average molecular weight is 276 g/mol. The number of hydrogen-bond donors (Lipinski definition) is 1. The summed E-state index contributed by atoms with van der Waals surface area (Å²) in [4.78, 5) is 21.5. The predicted octanol–water partition coefficient (Wildman–Crippen LogP) is 1.61. The Bertz CT molecular complexity index is 266. The van der Waals surface area contributed by atoms with Gasteiger partial charge < -0.3 is 19.3 Å². The molecular formula is C13H24O6. The molecule has 6 nitrogen and oxygen atoms in total. The van der Waals surface area contributed by atoms with Crippen LogP contribution in [0.1, 0.15) is 40.0 Å². The van der Waals surface area contributed by atoms with E-state index in [-0.39, 0.29) is 25.6 Å². The summed E-state index contributed by atoms with van der Waals surface area (Å²) < 4.78 is 15.8. The molecule has 0 radical (unpaired) electrons. The zero-order valence-electron chi connectivity index (χ0n) is 11.9. The summed E-state index contributed by atoms with van der Waals surface area (Å²) >= 11 is 0. The Morgan fingerprint density at radius 3 is 2.37 bits per heavy atom. The monoisotopic (exact) mass is 276 g/mol. The predicted molar refractivity (Wildman–Crippen MR) is 68.9 cm³/mol. The van der Waals surface area contributed by atoms with E-state index in [1.807, 2.05) is 13.8 Å². The second-order valence-corrected chi connectivity index (χ2v) is 4.41. The Labute approximate surface area is 114 Å².